The van der Waals surface area contributed by atoms with E-state index in [0.717, 1.165) is 0 Å². The summed E-state index contributed by atoms with van der Waals surface area (Å²) in [7, 11) is 0. The first kappa shape index (κ1) is 13.7. The van der Waals surface area contributed by atoms with Gasteiger partial charge in [0.25, 0.3) is 0 Å². The molecule has 4 nitrogen and oxygen atoms in total. The third kappa shape index (κ3) is 4.56. The smallest absolute Gasteiger partial charge is 0.428 e. The van der Waals surface area contributed by atoms with Gasteiger partial charge in [-0.15, -0.1) is 0 Å². The number of halogens is 1. The van der Waals surface area contributed by atoms with Crippen molar-refractivity contribution in [2.24, 2.45) is 0 Å². The van der Waals surface area contributed by atoms with E-state index in [2.05, 4.69) is 15.9 Å². The van der Waals surface area contributed by atoms with Crippen LogP contribution in [-0.4, -0.2) is 18.0 Å². The monoisotopic (exact) mass is 300 g/mol. The van der Waals surface area contributed by atoms with Crippen LogP contribution in [0.3, 0.4) is 0 Å². The molecule has 0 aliphatic heterocycles. The minimum Gasteiger partial charge on any atom is -0.428 e. The van der Waals surface area contributed by atoms with E-state index >= 15 is 0 Å². The van der Waals surface area contributed by atoms with Crippen LogP contribution in [0.15, 0.2) is 22.7 Å². The van der Waals surface area contributed by atoms with Crippen molar-refractivity contribution < 1.29 is 19.1 Å². The minimum absolute atomic E-state index is 0.316. The molecule has 0 radical (unpaired) electrons. The first-order chi connectivity index (χ1) is 7.81. The highest BCUT2D eigenvalue weighted by Crippen LogP contribution is 2.22. The van der Waals surface area contributed by atoms with E-state index in [-0.39, 0.29) is 0 Å². The second kappa shape index (κ2) is 5.31. The predicted molar refractivity (Wildman–Crippen MR) is 66.4 cm³/mol. The molecule has 1 aromatic carbocycles. The molecule has 0 aromatic heterocycles. The van der Waals surface area contributed by atoms with Gasteiger partial charge in [0, 0.05) is 10.0 Å². The number of rotatable bonds is 2. The van der Waals surface area contributed by atoms with E-state index in [0.29, 0.717) is 22.1 Å². The Hall–Kier alpha value is -1.36. The van der Waals surface area contributed by atoms with Gasteiger partial charge in [-0.1, -0.05) is 0 Å². The molecule has 1 rings (SSSR count). The first-order valence-corrected chi connectivity index (χ1v) is 5.77. The highest BCUT2D eigenvalue weighted by molar-refractivity contribution is 9.10. The molecule has 0 aliphatic rings. The lowest BCUT2D eigenvalue weighted by molar-refractivity contribution is 0.0206. The molecular weight excluding hydrogens is 288 g/mol. The Morgan fingerprint density at radius 1 is 1.35 bits per heavy atom. The number of aldehydes is 1. The van der Waals surface area contributed by atoms with Gasteiger partial charge in [0.05, 0.1) is 0 Å². The summed E-state index contributed by atoms with van der Waals surface area (Å²) in [4.78, 5) is 22.0. The summed E-state index contributed by atoms with van der Waals surface area (Å²) in [6.45, 7) is 5.25. The van der Waals surface area contributed by atoms with Crippen molar-refractivity contribution in [2.45, 2.75) is 26.4 Å². The number of ether oxygens (including phenoxy) is 2. The zero-order valence-corrected chi connectivity index (χ0v) is 11.4. The van der Waals surface area contributed by atoms with Crippen molar-refractivity contribution >= 4 is 28.4 Å². The van der Waals surface area contributed by atoms with Gasteiger partial charge in [0.1, 0.15) is 11.4 Å². The maximum atomic E-state index is 11.4. The van der Waals surface area contributed by atoms with Gasteiger partial charge in [-0.05, 0) is 54.9 Å². The predicted octanol–water partition coefficient (Wildman–Crippen LogP) is 3.58. The van der Waals surface area contributed by atoms with Crippen molar-refractivity contribution in [3.8, 4) is 5.75 Å². The summed E-state index contributed by atoms with van der Waals surface area (Å²) in [5.41, 5.74) is -0.113. The van der Waals surface area contributed by atoms with Crippen LogP contribution in [-0.2, 0) is 4.74 Å². The fourth-order valence-electron chi connectivity index (χ4n) is 1.03. The number of hydrogen-bond acceptors (Lipinski definition) is 4. The highest BCUT2D eigenvalue weighted by Gasteiger charge is 2.18. The van der Waals surface area contributed by atoms with E-state index < -0.39 is 11.8 Å². The van der Waals surface area contributed by atoms with Crippen molar-refractivity contribution in [1.82, 2.24) is 0 Å². The fraction of sp³-hybridized carbons (Fsp3) is 0.333. The highest BCUT2D eigenvalue weighted by atomic mass is 79.9. The van der Waals surface area contributed by atoms with Gasteiger partial charge in [-0.3, -0.25) is 4.79 Å². The summed E-state index contributed by atoms with van der Waals surface area (Å²) < 4.78 is 10.5. The average Bonchev–Trinajstić information content (AvgIpc) is 2.14. The largest absolute Gasteiger partial charge is 0.514 e. The fourth-order valence-corrected chi connectivity index (χ4v) is 1.49. The Morgan fingerprint density at radius 3 is 2.47 bits per heavy atom. The van der Waals surface area contributed by atoms with E-state index in [1.54, 1.807) is 26.8 Å². The van der Waals surface area contributed by atoms with Crippen molar-refractivity contribution in [3.05, 3.63) is 28.2 Å². The lowest BCUT2D eigenvalue weighted by atomic mass is 10.2. The molecular formula is C12H13BrO4. The number of carbonyl (C=O) groups excluding carboxylic acids is 2. The Balaban J connectivity index is 2.73. The van der Waals surface area contributed by atoms with Crippen LogP contribution in [0.25, 0.3) is 0 Å². The van der Waals surface area contributed by atoms with Crippen molar-refractivity contribution in [3.63, 3.8) is 0 Å². The summed E-state index contributed by atoms with van der Waals surface area (Å²) >= 11 is 3.20. The van der Waals surface area contributed by atoms with Crippen LogP contribution in [0.4, 0.5) is 4.79 Å². The molecule has 92 valence electrons. The maximum absolute atomic E-state index is 11.4. The molecule has 0 aliphatic carbocycles. The summed E-state index contributed by atoms with van der Waals surface area (Å²) in [6.07, 6.45) is -0.0651. The molecule has 0 unspecified atom stereocenters. The third-order valence-corrected chi connectivity index (χ3v) is 2.38. The van der Waals surface area contributed by atoms with Gasteiger partial charge < -0.3 is 9.47 Å². The number of benzene rings is 1. The molecule has 0 N–H and O–H groups in total. The van der Waals surface area contributed by atoms with Crippen LogP contribution >= 0.6 is 15.9 Å². The quantitative estimate of drug-likeness (QED) is 0.476. The second-order valence-electron chi connectivity index (χ2n) is 4.37. The zero-order valence-electron chi connectivity index (χ0n) is 9.82. The van der Waals surface area contributed by atoms with Crippen LogP contribution in [0.5, 0.6) is 5.75 Å². The third-order valence-electron chi connectivity index (χ3n) is 1.69. The molecule has 1 aromatic rings. The Morgan fingerprint density at radius 2 is 2.00 bits per heavy atom. The van der Waals surface area contributed by atoms with Crippen LogP contribution in [0.2, 0.25) is 0 Å². The zero-order chi connectivity index (χ0) is 13.1. The Labute approximate surface area is 108 Å². The van der Waals surface area contributed by atoms with Crippen LogP contribution in [0.1, 0.15) is 31.1 Å². The molecule has 0 spiro atoms. The Bertz CT molecular complexity index is 435. The normalized spacial score (nSPS) is 10.8. The average molecular weight is 301 g/mol. The molecule has 0 saturated heterocycles. The Kier molecular flexibility index (Phi) is 4.28. The lowest BCUT2D eigenvalue weighted by Crippen LogP contribution is -2.25. The first-order valence-electron chi connectivity index (χ1n) is 4.97. The van der Waals surface area contributed by atoms with E-state index in [9.17, 15) is 9.59 Å². The number of hydrogen-bond donors (Lipinski definition) is 0. The summed E-state index contributed by atoms with van der Waals surface area (Å²) in [6, 6.07) is 4.61. The van der Waals surface area contributed by atoms with Crippen LogP contribution < -0.4 is 4.74 Å². The topological polar surface area (TPSA) is 52.6 Å². The molecule has 17 heavy (non-hydrogen) atoms. The molecule has 0 saturated carbocycles. The van der Waals surface area contributed by atoms with E-state index in [1.807, 2.05) is 0 Å². The van der Waals surface area contributed by atoms with Gasteiger partial charge >= 0.3 is 6.16 Å². The second-order valence-corrected chi connectivity index (χ2v) is 5.22. The minimum atomic E-state index is -0.775. The van der Waals surface area contributed by atoms with E-state index in [1.165, 1.54) is 12.1 Å². The molecule has 0 fully saturated rings. The molecule has 0 atom stereocenters. The van der Waals surface area contributed by atoms with Gasteiger partial charge in [-0.25, -0.2) is 4.79 Å². The summed E-state index contributed by atoms with van der Waals surface area (Å²) in [5.74, 6) is 0.316. The van der Waals surface area contributed by atoms with Gasteiger partial charge in [0.15, 0.2) is 6.29 Å². The van der Waals surface area contributed by atoms with Gasteiger partial charge in [0.2, 0.25) is 0 Å². The standard InChI is InChI=1S/C12H13BrO4/c1-12(2,3)17-11(15)16-9-5-4-8(7-14)10(13)6-9/h4-7H,1-3H3. The van der Waals surface area contributed by atoms with Gasteiger partial charge in [-0.2, -0.15) is 0 Å². The SMILES string of the molecule is CC(C)(C)OC(=O)Oc1ccc(C=O)c(Br)c1. The van der Waals surface area contributed by atoms with Crippen LogP contribution in [0, 0.1) is 0 Å². The summed E-state index contributed by atoms with van der Waals surface area (Å²) in [5, 5.41) is 0. The van der Waals surface area contributed by atoms with Crippen molar-refractivity contribution in [1.29, 1.82) is 0 Å². The van der Waals surface area contributed by atoms with Crippen molar-refractivity contribution in [2.75, 3.05) is 0 Å². The lowest BCUT2D eigenvalue weighted by Gasteiger charge is -2.18. The maximum Gasteiger partial charge on any atom is 0.514 e. The molecule has 0 bridgehead atoms. The van der Waals surface area contributed by atoms with E-state index in [4.69, 9.17) is 9.47 Å². The molecule has 0 amide bonds. The number of carbonyl (C=O) groups is 2. The molecule has 5 heteroatoms. The molecule has 0 heterocycles.